The molecule has 0 unspecified atom stereocenters. The molecule has 0 N–H and O–H groups in total. The fraction of sp³-hybridized carbons (Fsp3) is 0.333. The average Bonchev–Trinajstić information content (AvgIpc) is 3.07. The molecule has 1 saturated heterocycles. The van der Waals surface area contributed by atoms with Crippen molar-refractivity contribution >= 4 is 17.5 Å². The van der Waals surface area contributed by atoms with E-state index >= 15 is 0 Å². The van der Waals surface area contributed by atoms with Crippen LogP contribution in [-0.2, 0) is 11.3 Å². The van der Waals surface area contributed by atoms with Crippen LogP contribution in [-0.4, -0.2) is 50.0 Å². The van der Waals surface area contributed by atoms with Crippen molar-refractivity contribution in [1.29, 1.82) is 0 Å². The maximum Gasteiger partial charge on any atom is 0.254 e. The Labute approximate surface area is 150 Å². The maximum atomic E-state index is 13.0. The Balaban J connectivity index is 1.56. The number of anilines is 1. The number of piperazine rings is 1. The second-order valence-electron chi connectivity index (χ2n) is 6.48. The van der Waals surface area contributed by atoms with Crippen molar-refractivity contribution in [2.24, 2.45) is 0 Å². The average molecular weight is 354 g/mol. The monoisotopic (exact) mass is 354 g/mol. The quantitative estimate of drug-likeness (QED) is 0.717. The third-order valence-electron chi connectivity index (χ3n) is 4.78. The summed E-state index contributed by atoms with van der Waals surface area (Å²) in [6, 6.07) is 6.26. The number of amides is 1. The van der Waals surface area contributed by atoms with E-state index in [9.17, 15) is 9.18 Å². The third-order valence-corrected chi connectivity index (χ3v) is 4.78. The lowest BCUT2D eigenvalue weighted by Gasteiger charge is -2.36. The summed E-state index contributed by atoms with van der Waals surface area (Å²) in [5.41, 5.74) is 2.78. The van der Waals surface area contributed by atoms with E-state index in [1.807, 2.05) is 18.7 Å². The van der Waals surface area contributed by atoms with E-state index in [-0.39, 0.29) is 18.3 Å². The van der Waals surface area contributed by atoms with Crippen molar-refractivity contribution in [2.75, 3.05) is 24.5 Å². The molecule has 1 amide bonds. The van der Waals surface area contributed by atoms with Crippen LogP contribution in [0.5, 0.6) is 0 Å². The molecular weight excluding hydrogens is 335 g/mol. The van der Waals surface area contributed by atoms with Gasteiger partial charge in [-0.05, 0) is 31.5 Å². The molecule has 3 heterocycles. The Morgan fingerprint density at radius 3 is 2.65 bits per heavy atom. The lowest BCUT2D eigenvalue weighted by Crippen LogP contribution is -2.50. The molecule has 2 aromatic heterocycles. The van der Waals surface area contributed by atoms with E-state index < -0.39 is 0 Å². The summed E-state index contributed by atoms with van der Waals surface area (Å²) in [7, 11) is 0. The van der Waals surface area contributed by atoms with Gasteiger partial charge in [0, 0.05) is 30.9 Å². The van der Waals surface area contributed by atoms with Gasteiger partial charge in [-0.1, -0.05) is 12.1 Å². The molecule has 8 heteroatoms. The Morgan fingerprint density at radius 2 is 1.92 bits per heavy atom. The molecule has 3 aromatic rings. The molecule has 1 aliphatic heterocycles. The van der Waals surface area contributed by atoms with Gasteiger partial charge >= 0.3 is 0 Å². The molecule has 0 atom stereocenters. The molecule has 1 fully saturated rings. The normalized spacial score (nSPS) is 15.1. The van der Waals surface area contributed by atoms with Crippen molar-refractivity contribution in [3.63, 3.8) is 0 Å². The fourth-order valence-corrected chi connectivity index (χ4v) is 3.25. The molecule has 4 rings (SSSR count). The van der Waals surface area contributed by atoms with Gasteiger partial charge in [-0.2, -0.15) is 14.6 Å². The third kappa shape index (κ3) is 2.87. The van der Waals surface area contributed by atoms with Gasteiger partial charge < -0.3 is 9.80 Å². The van der Waals surface area contributed by atoms with Gasteiger partial charge in [-0.15, -0.1) is 0 Å². The fourth-order valence-electron chi connectivity index (χ4n) is 3.25. The van der Waals surface area contributed by atoms with Crippen molar-refractivity contribution in [2.45, 2.75) is 20.4 Å². The number of aryl methyl sites for hydroxylation is 1. The van der Waals surface area contributed by atoms with Crippen LogP contribution in [0, 0.1) is 19.7 Å². The number of benzene rings is 1. The van der Waals surface area contributed by atoms with E-state index in [1.54, 1.807) is 21.5 Å². The Hall–Kier alpha value is -3.03. The number of nitrogens with zero attached hydrogens (tertiary/aromatic N) is 6. The molecule has 0 spiro atoms. The van der Waals surface area contributed by atoms with Crippen LogP contribution in [0.2, 0.25) is 0 Å². The molecular formula is C18H19FN6O. The van der Waals surface area contributed by atoms with Gasteiger partial charge in [0.15, 0.2) is 0 Å². The molecule has 26 heavy (non-hydrogen) atoms. The molecule has 0 bridgehead atoms. The van der Waals surface area contributed by atoms with Crippen LogP contribution in [0.25, 0.3) is 5.78 Å². The number of fused-ring (bicyclic) bond motifs is 1. The Bertz CT molecular complexity index is 968. The van der Waals surface area contributed by atoms with E-state index in [0.717, 1.165) is 22.6 Å². The highest BCUT2D eigenvalue weighted by atomic mass is 19.1. The van der Waals surface area contributed by atoms with E-state index in [2.05, 4.69) is 15.1 Å². The van der Waals surface area contributed by atoms with Crippen LogP contribution >= 0.6 is 0 Å². The minimum Gasteiger partial charge on any atom is -0.345 e. The summed E-state index contributed by atoms with van der Waals surface area (Å²) in [6.07, 6.45) is 1.47. The molecule has 0 saturated carbocycles. The largest absolute Gasteiger partial charge is 0.345 e. The number of carbonyl (C=O) groups excluding carboxylic acids is 1. The van der Waals surface area contributed by atoms with Gasteiger partial charge in [-0.3, -0.25) is 4.79 Å². The SMILES string of the molecule is Cc1nc2ncnn2c(N2CCN(Cc3ccc(F)cc3)C(=O)C2)c1C. The number of rotatable bonds is 3. The predicted molar refractivity (Wildman–Crippen MR) is 94.3 cm³/mol. The zero-order chi connectivity index (χ0) is 18.3. The number of aromatic nitrogens is 4. The minimum absolute atomic E-state index is 0.0303. The summed E-state index contributed by atoms with van der Waals surface area (Å²) in [6.45, 7) is 5.94. The van der Waals surface area contributed by atoms with Crippen LogP contribution < -0.4 is 4.90 Å². The summed E-state index contributed by atoms with van der Waals surface area (Å²) in [5.74, 6) is 1.15. The van der Waals surface area contributed by atoms with Crippen molar-refractivity contribution in [3.05, 3.63) is 53.2 Å². The number of hydrogen-bond acceptors (Lipinski definition) is 5. The van der Waals surface area contributed by atoms with Gasteiger partial charge in [-0.25, -0.2) is 9.37 Å². The van der Waals surface area contributed by atoms with Gasteiger partial charge in [0.25, 0.3) is 5.78 Å². The first-order chi connectivity index (χ1) is 12.5. The van der Waals surface area contributed by atoms with Crippen LogP contribution in [0.1, 0.15) is 16.8 Å². The number of hydrogen-bond donors (Lipinski definition) is 0. The van der Waals surface area contributed by atoms with Crippen LogP contribution in [0.4, 0.5) is 10.2 Å². The molecule has 1 aromatic carbocycles. The number of carbonyl (C=O) groups is 1. The summed E-state index contributed by atoms with van der Waals surface area (Å²) in [4.78, 5) is 25.1. The second-order valence-corrected chi connectivity index (χ2v) is 6.48. The minimum atomic E-state index is -0.273. The van der Waals surface area contributed by atoms with Crippen LogP contribution in [0.3, 0.4) is 0 Å². The first-order valence-electron chi connectivity index (χ1n) is 8.47. The Morgan fingerprint density at radius 1 is 1.15 bits per heavy atom. The molecule has 134 valence electrons. The van der Waals surface area contributed by atoms with Crippen molar-refractivity contribution in [1.82, 2.24) is 24.5 Å². The lowest BCUT2D eigenvalue weighted by molar-refractivity contribution is -0.131. The topological polar surface area (TPSA) is 66.6 Å². The zero-order valence-corrected chi connectivity index (χ0v) is 14.7. The molecule has 0 radical (unpaired) electrons. The lowest BCUT2D eigenvalue weighted by atomic mass is 10.1. The van der Waals surface area contributed by atoms with E-state index in [4.69, 9.17) is 0 Å². The standard InChI is InChI=1S/C18H19FN6O/c1-12-13(2)22-18-20-11-21-25(18)17(12)24-8-7-23(16(26)10-24)9-14-3-5-15(19)6-4-14/h3-6,11H,7-10H2,1-2H3. The van der Waals surface area contributed by atoms with Gasteiger partial charge in [0.1, 0.15) is 18.0 Å². The molecule has 7 nitrogen and oxygen atoms in total. The summed E-state index contributed by atoms with van der Waals surface area (Å²) in [5, 5.41) is 4.26. The predicted octanol–water partition coefficient (Wildman–Crippen LogP) is 1.73. The van der Waals surface area contributed by atoms with E-state index in [1.165, 1.54) is 18.5 Å². The van der Waals surface area contributed by atoms with Gasteiger partial charge in [0.2, 0.25) is 5.91 Å². The maximum absolute atomic E-state index is 13.0. The Kier molecular flexibility index (Phi) is 4.02. The second kappa shape index (κ2) is 6.36. The highest BCUT2D eigenvalue weighted by Gasteiger charge is 2.27. The van der Waals surface area contributed by atoms with Crippen LogP contribution in [0.15, 0.2) is 30.6 Å². The summed E-state index contributed by atoms with van der Waals surface area (Å²) < 4.78 is 14.7. The van der Waals surface area contributed by atoms with Crippen molar-refractivity contribution in [3.8, 4) is 0 Å². The van der Waals surface area contributed by atoms with Gasteiger partial charge in [0.05, 0.1) is 6.54 Å². The van der Waals surface area contributed by atoms with Crippen molar-refractivity contribution < 1.29 is 9.18 Å². The molecule has 1 aliphatic rings. The smallest absolute Gasteiger partial charge is 0.254 e. The first kappa shape index (κ1) is 16.4. The highest BCUT2D eigenvalue weighted by Crippen LogP contribution is 2.24. The first-order valence-corrected chi connectivity index (χ1v) is 8.47. The van der Waals surface area contributed by atoms with E-state index in [0.29, 0.717) is 25.4 Å². The summed E-state index contributed by atoms with van der Waals surface area (Å²) >= 11 is 0. The molecule has 0 aliphatic carbocycles. The zero-order valence-electron chi connectivity index (χ0n) is 14.7. The highest BCUT2D eigenvalue weighted by molar-refractivity contribution is 5.83. The number of halogens is 1.